The summed E-state index contributed by atoms with van der Waals surface area (Å²) in [5.41, 5.74) is 2.57. The van der Waals surface area contributed by atoms with Crippen molar-refractivity contribution in [3.8, 4) is 0 Å². The summed E-state index contributed by atoms with van der Waals surface area (Å²) >= 11 is 0. The molecule has 152 valence electrons. The number of rotatable bonds is 7. The lowest BCUT2D eigenvalue weighted by Crippen LogP contribution is -2.37. The molecule has 7 heteroatoms. The second-order valence-corrected chi connectivity index (χ2v) is 10.5. The standard InChI is InChI=1S/C21H30N4O2S/c1-18-9-11-22-25(18)13-12-23-14-20-15-24(28(2,26)27)17-21(20,16-23)10-8-19-6-4-3-5-7-19/h3-7,9,11,20H,8,10,12-17H2,1-2H3/t20-,21+/m0/s1. The second kappa shape index (κ2) is 7.61. The first-order chi connectivity index (χ1) is 13.4. The first-order valence-corrected chi connectivity index (χ1v) is 11.9. The van der Waals surface area contributed by atoms with Crippen LogP contribution in [0, 0.1) is 18.3 Å². The van der Waals surface area contributed by atoms with Gasteiger partial charge in [0.25, 0.3) is 0 Å². The Kier molecular flexibility index (Phi) is 5.33. The number of sulfonamides is 1. The molecule has 2 aromatic rings. The van der Waals surface area contributed by atoms with Crippen LogP contribution < -0.4 is 0 Å². The Morgan fingerprint density at radius 2 is 1.89 bits per heavy atom. The number of aryl methyl sites for hydroxylation is 2. The summed E-state index contributed by atoms with van der Waals surface area (Å²) in [6.07, 6.45) is 5.22. The Morgan fingerprint density at radius 1 is 1.11 bits per heavy atom. The van der Waals surface area contributed by atoms with Gasteiger partial charge in [0.05, 0.1) is 12.8 Å². The summed E-state index contributed by atoms with van der Waals surface area (Å²) in [5, 5.41) is 4.39. The van der Waals surface area contributed by atoms with Crippen LogP contribution in [0.15, 0.2) is 42.6 Å². The van der Waals surface area contributed by atoms with Crippen molar-refractivity contribution < 1.29 is 8.42 Å². The molecule has 2 aliphatic rings. The van der Waals surface area contributed by atoms with Gasteiger partial charge in [-0.25, -0.2) is 12.7 Å². The molecule has 4 rings (SSSR count). The molecule has 2 aliphatic heterocycles. The van der Waals surface area contributed by atoms with Crippen LogP contribution in [0.4, 0.5) is 0 Å². The van der Waals surface area contributed by atoms with E-state index in [1.54, 1.807) is 4.31 Å². The number of hydrogen-bond donors (Lipinski definition) is 0. The molecule has 2 saturated heterocycles. The molecule has 2 fully saturated rings. The topological polar surface area (TPSA) is 58.4 Å². The summed E-state index contributed by atoms with van der Waals surface area (Å²) < 4.78 is 28.1. The van der Waals surface area contributed by atoms with E-state index in [2.05, 4.69) is 41.2 Å². The monoisotopic (exact) mass is 402 g/mol. The zero-order valence-electron chi connectivity index (χ0n) is 16.8. The van der Waals surface area contributed by atoms with Crippen LogP contribution in [0.2, 0.25) is 0 Å². The fourth-order valence-electron chi connectivity index (χ4n) is 4.93. The molecule has 0 amide bonds. The van der Waals surface area contributed by atoms with Crippen LogP contribution in [-0.2, 0) is 23.0 Å². The highest BCUT2D eigenvalue weighted by atomic mass is 32.2. The molecular formula is C21H30N4O2S. The SMILES string of the molecule is Cc1ccnn1CCN1C[C@H]2CN(S(C)(=O)=O)C[C@@]2(CCc2ccccc2)C1. The molecular weight excluding hydrogens is 372 g/mol. The van der Waals surface area contributed by atoms with Gasteiger partial charge in [0, 0.05) is 50.0 Å². The predicted molar refractivity (Wildman–Crippen MR) is 111 cm³/mol. The van der Waals surface area contributed by atoms with Crippen LogP contribution in [0.25, 0.3) is 0 Å². The van der Waals surface area contributed by atoms with Gasteiger partial charge in [-0.15, -0.1) is 0 Å². The third kappa shape index (κ3) is 4.02. The number of nitrogens with zero attached hydrogens (tertiary/aromatic N) is 4. The maximum atomic E-state index is 12.2. The summed E-state index contributed by atoms with van der Waals surface area (Å²) in [5.74, 6) is 0.407. The average molecular weight is 403 g/mol. The van der Waals surface area contributed by atoms with Crippen molar-refractivity contribution in [2.75, 3.05) is 39.0 Å². The van der Waals surface area contributed by atoms with Crippen LogP contribution in [0.1, 0.15) is 17.7 Å². The lowest BCUT2D eigenvalue weighted by Gasteiger charge is -2.29. The fourth-order valence-corrected chi connectivity index (χ4v) is 5.87. The molecule has 1 aromatic carbocycles. The van der Waals surface area contributed by atoms with Crippen molar-refractivity contribution in [2.24, 2.45) is 11.3 Å². The maximum absolute atomic E-state index is 12.2. The Labute approximate surface area is 168 Å². The quantitative estimate of drug-likeness (QED) is 0.711. The molecule has 0 spiro atoms. The lowest BCUT2D eigenvalue weighted by molar-refractivity contribution is 0.222. The lowest BCUT2D eigenvalue weighted by atomic mass is 9.76. The van der Waals surface area contributed by atoms with E-state index in [9.17, 15) is 8.42 Å². The Bertz CT molecular complexity index is 911. The first-order valence-electron chi connectivity index (χ1n) is 10.1. The van der Waals surface area contributed by atoms with Gasteiger partial charge in [-0.2, -0.15) is 5.10 Å². The number of likely N-dealkylation sites (tertiary alicyclic amines) is 1. The summed E-state index contributed by atoms with van der Waals surface area (Å²) in [4.78, 5) is 2.51. The zero-order valence-corrected chi connectivity index (χ0v) is 17.6. The fraction of sp³-hybridized carbons (Fsp3) is 0.571. The molecule has 6 nitrogen and oxygen atoms in total. The molecule has 0 radical (unpaired) electrons. The first kappa shape index (κ1) is 19.6. The number of hydrogen-bond acceptors (Lipinski definition) is 4. The van der Waals surface area contributed by atoms with Crippen molar-refractivity contribution in [3.63, 3.8) is 0 Å². The molecule has 3 heterocycles. The molecule has 28 heavy (non-hydrogen) atoms. The molecule has 0 bridgehead atoms. The summed E-state index contributed by atoms with van der Waals surface area (Å²) in [7, 11) is -3.14. The van der Waals surface area contributed by atoms with Gasteiger partial charge in [0.2, 0.25) is 10.0 Å². The minimum atomic E-state index is -3.14. The van der Waals surface area contributed by atoms with Crippen LogP contribution in [0.5, 0.6) is 0 Å². The molecule has 0 N–H and O–H groups in total. The second-order valence-electron chi connectivity index (χ2n) is 8.53. The van der Waals surface area contributed by atoms with Gasteiger partial charge in [0.1, 0.15) is 0 Å². The third-order valence-corrected chi connectivity index (χ3v) is 7.79. The number of benzene rings is 1. The molecule has 0 unspecified atom stereocenters. The van der Waals surface area contributed by atoms with Gasteiger partial charge in [-0.1, -0.05) is 30.3 Å². The van der Waals surface area contributed by atoms with E-state index in [-0.39, 0.29) is 5.41 Å². The van der Waals surface area contributed by atoms with E-state index in [0.29, 0.717) is 19.0 Å². The summed E-state index contributed by atoms with van der Waals surface area (Å²) in [6, 6.07) is 12.6. The van der Waals surface area contributed by atoms with Crippen LogP contribution >= 0.6 is 0 Å². The summed E-state index contributed by atoms with van der Waals surface area (Å²) in [6.45, 7) is 7.18. The van der Waals surface area contributed by atoms with E-state index in [1.165, 1.54) is 17.5 Å². The van der Waals surface area contributed by atoms with Gasteiger partial charge < -0.3 is 4.90 Å². The van der Waals surface area contributed by atoms with Gasteiger partial charge in [-0.3, -0.25) is 4.68 Å². The van der Waals surface area contributed by atoms with Crippen LogP contribution in [0.3, 0.4) is 0 Å². The molecule has 0 saturated carbocycles. The van der Waals surface area contributed by atoms with Crippen molar-refractivity contribution in [1.29, 1.82) is 0 Å². The van der Waals surface area contributed by atoms with E-state index in [4.69, 9.17) is 0 Å². The number of fused-ring (bicyclic) bond motifs is 1. The minimum absolute atomic E-state index is 0.0537. The average Bonchev–Trinajstić information content (AvgIpc) is 3.31. The van der Waals surface area contributed by atoms with Gasteiger partial charge in [-0.05, 0) is 37.3 Å². The smallest absolute Gasteiger partial charge is 0.211 e. The molecule has 0 aliphatic carbocycles. The van der Waals surface area contributed by atoms with E-state index in [1.807, 2.05) is 23.0 Å². The molecule has 1 aromatic heterocycles. The highest BCUT2D eigenvalue weighted by molar-refractivity contribution is 7.88. The Balaban J connectivity index is 1.46. The van der Waals surface area contributed by atoms with Crippen molar-refractivity contribution in [1.82, 2.24) is 19.0 Å². The van der Waals surface area contributed by atoms with Crippen molar-refractivity contribution >= 4 is 10.0 Å². The maximum Gasteiger partial charge on any atom is 0.211 e. The highest BCUT2D eigenvalue weighted by Gasteiger charge is 2.53. The normalized spacial score (nSPS) is 26.0. The Morgan fingerprint density at radius 3 is 2.57 bits per heavy atom. The van der Waals surface area contributed by atoms with Crippen molar-refractivity contribution in [3.05, 3.63) is 53.9 Å². The van der Waals surface area contributed by atoms with Gasteiger partial charge in [0.15, 0.2) is 0 Å². The minimum Gasteiger partial charge on any atom is -0.301 e. The highest BCUT2D eigenvalue weighted by Crippen LogP contribution is 2.46. The van der Waals surface area contributed by atoms with E-state index < -0.39 is 10.0 Å². The zero-order chi connectivity index (χ0) is 19.8. The van der Waals surface area contributed by atoms with E-state index >= 15 is 0 Å². The third-order valence-electron chi connectivity index (χ3n) is 6.58. The van der Waals surface area contributed by atoms with Crippen molar-refractivity contribution in [2.45, 2.75) is 26.3 Å². The van der Waals surface area contributed by atoms with E-state index in [0.717, 1.165) is 39.0 Å². The van der Waals surface area contributed by atoms with Crippen LogP contribution in [-0.4, -0.2) is 66.4 Å². The Hall–Kier alpha value is -1.70. The molecule has 2 atom stereocenters. The largest absolute Gasteiger partial charge is 0.301 e. The predicted octanol–water partition coefficient (Wildman–Crippen LogP) is 2.02. The number of aromatic nitrogens is 2. The van der Waals surface area contributed by atoms with Gasteiger partial charge >= 0.3 is 0 Å².